The minimum Gasteiger partial charge on any atom is -0.314 e. The number of nitrogens with one attached hydrogen (secondary N) is 1. The number of rotatable bonds is 4. The van der Waals surface area contributed by atoms with E-state index in [1.807, 2.05) is 6.92 Å². The van der Waals surface area contributed by atoms with Gasteiger partial charge in [-0.3, -0.25) is 0 Å². The van der Waals surface area contributed by atoms with Gasteiger partial charge >= 0.3 is 0 Å². The SMILES string of the molecule is C=CCCS(=O)(=O)N1CCNC[C@@H]1C. The second kappa shape index (κ2) is 4.91. The van der Waals surface area contributed by atoms with Crippen molar-refractivity contribution in [2.24, 2.45) is 0 Å². The molecule has 1 heterocycles. The van der Waals surface area contributed by atoms with E-state index in [1.165, 1.54) is 0 Å². The monoisotopic (exact) mass is 218 g/mol. The highest BCUT2D eigenvalue weighted by atomic mass is 32.2. The highest BCUT2D eigenvalue weighted by Crippen LogP contribution is 2.10. The first-order valence-electron chi connectivity index (χ1n) is 4.89. The van der Waals surface area contributed by atoms with E-state index in [-0.39, 0.29) is 11.8 Å². The van der Waals surface area contributed by atoms with Crippen LogP contribution in [-0.2, 0) is 10.0 Å². The van der Waals surface area contributed by atoms with Gasteiger partial charge in [-0.15, -0.1) is 6.58 Å². The van der Waals surface area contributed by atoms with Crippen LogP contribution in [0.1, 0.15) is 13.3 Å². The molecule has 1 atom stereocenters. The molecule has 82 valence electrons. The molecule has 0 saturated carbocycles. The molecule has 0 spiro atoms. The van der Waals surface area contributed by atoms with E-state index < -0.39 is 10.0 Å². The van der Waals surface area contributed by atoms with Crippen molar-refractivity contribution in [2.75, 3.05) is 25.4 Å². The minimum absolute atomic E-state index is 0.0681. The Morgan fingerprint density at radius 1 is 1.64 bits per heavy atom. The van der Waals surface area contributed by atoms with Gasteiger partial charge in [0.25, 0.3) is 0 Å². The van der Waals surface area contributed by atoms with Crippen molar-refractivity contribution in [2.45, 2.75) is 19.4 Å². The van der Waals surface area contributed by atoms with Crippen molar-refractivity contribution in [1.82, 2.24) is 9.62 Å². The summed E-state index contributed by atoms with van der Waals surface area (Å²) in [4.78, 5) is 0. The summed E-state index contributed by atoms with van der Waals surface area (Å²) in [6, 6.07) is 0.0681. The summed E-state index contributed by atoms with van der Waals surface area (Å²) >= 11 is 0. The summed E-state index contributed by atoms with van der Waals surface area (Å²) in [5, 5.41) is 3.17. The molecule has 1 fully saturated rings. The fourth-order valence-corrected chi connectivity index (χ4v) is 3.28. The Balaban J connectivity index is 2.64. The van der Waals surface area contributed by atoms with Gasteiger partial charge in [-0.25, -0.2) is 8.42 Å². The molecule has 0 aromatic carbocycles. The second-order valence-electron chi connectivity index (χ2n) is 3.56. The molecule has 1 rings (SSSR count). The molecule has 1 aliphatic rings. The average Bonchev–Trinajstić information content (AvgIpc) is 2.15. The molecule has 4 nitrogen and oxygen atoms in total. The predicted molar refractivity (Wildman–Crippen MR) is 57.6 cm³/mol. The van der Waals surface area contributed by atoms with Crippen molar-refractivity contribution in [3.63, 3.8) is 0 Å². The number of hydrogen-bond acceptors (Lipinski definition) is 3. The van der Waals surface area contributed by atoms with Gasteiger partial charge in [0.2, 0.25) is 10.0 Å². The molecule has 0 amide bonds. The maximum Gasteiger partial charge on any atom is 0.214 e. The number of nitrogens with zero attached hydrogens (tertiary/aromatic N) is 1. The second-order valence-corrected chi connectivity index (χ2v) is 5.60. The van der Waals surface area contributed by atoms with E-state index >= 15 is 0 Å². The lowest BCUT2D eigenvalue weighted by atomic mass is 10.3. The van der Waals surface area contributed by atoms with Gasteiger partial charge in [0.05, 0.1) is 5.75 Å². The molecule has 5 heteroatoms. The van der Waals surface area contributed by atoms with Crippen LogP contribution in [0.15, 0.2) is 12.7 Å². The molecule has 1 N–H and O–H groups in total. The van der Waals surface area contributed by atoms with Gasteiger partial charge in [0.15, 0.2) is 0 Å². The molecule has 14 heavy (non-hydrogen) atoms. The van der Waals surface area contributed by atoms with Crippen LogP contribution in [0.5, 0.6) is 0 Å². The van der Waals surface area contributed by atoms with Gasteiger partial charge in [-0.1, -0.05) is 6.08 Å². The lowest BCUT2D eigenvalue weighted by Crippen LogP contribution is -2.52. The number of hydrogen-bond donors (Lipinski definition) is 1. The van der Waals surface area contributed by atoms with Gasteiger partial charge in [0, 0.05) is 25.7 Å². The number of allylic oxidation sites excluding steroid dienone is 1. The quantitative estimate of drug-likeness (QED) is 0.685. The maximum atomic E-state index is 11.8. The van der Waals surface area contributed by atoms with Crippen LogP contribution in [0.4, 0.5) is 0 Å². The zero-order chi connectivity index (χ0) is 10.6. The van der Waals surface area contributed by atoms with Crippen LogP contribution < -0.4 is 5.32 Å². The Hall–Kier alpha value is -0.390. The summed E-state index contributed by atoms with van der Waals surface area (Å²) in [7, 11) is -3.07. The highest BCUT2D eigenvalue weighted by Gasteiger charge is 2.28. The predicted octanol–water partition coefficient (Wildman–Crippen LogP) is 0.186. The number of sulfonamides is 1. The first-order chi connectivity index (χ1) is 6.58. The molecule has 0 bridgehead atoms. The normalized spacial score (nSPS) is 24.8. The smallest absolute Gasteiger partial charge is 0.214 e. The Morgan fingerprint density at radius 3 is 2.93 bits per heavy atom. The molecule has 0 unspecified atom stereocenters. The fraction of sp³-hybridized carbons (Fsp3) is 0.778. The molecule has 1 aliphatic heterocycles. The van der Waals surface area contributed by atoms with Gasteiger partial charge in [-0.2, -0.15) is 4.31 Å². The summed E-state index contributed by atoms with van der Waals surface area (Å²) in [6.07, 6.45) is 2.17. The van der Waals surface area contributed by atoms with E-state index in [0.29, 0.717) is 13.0 Å². The van der Waals surface area contributed by atoms with Crippen LogP contribution in [0.3, 0.4) is 0 Å². The third-order valence-corrected chi connectivity index (χ3v) is 4.39. The Bertz CT molecular complexity index is 287. The lowest BCUT2D eigenvalue weighted by molar-refractivity contribution is 0.284. The zero-order valence-electron chi connectivity index (χ0n) is 8.57. The summed E-state index contributed by atoms with van der Waals surface area (Å²) in [5.41, 5.74) is 0. The van der Waals surface area contributed by atoms with E-state index in [9.17, 15) is 8.42 Å². The molecule has 0 aromatic heterocycles. The van der Waals surface area contributed by atoms with Crippen LogP contribution in [0.25, 0.3) is 0 Å². The zero-order valence-corrected chi connectivity index (χ0v) is 9.39. The van der Waals surface area contributed by atoms with E-state index in [4.69, 9.17) is 0 Å². The van der Waals surface area contributed by atoms with Gasteiger partial charge in [0.1, 0.15) is 0 Å². The first-order valence-corrected chi connectivity index (χ1v) is 6.50. The first kappa shape index (κ1) is 11.7. The standard InChI is InChI=1S/C9H18N2O2S/c1-3-4-7-14(12,13)11-6-5-10-8-9(11)2/h3,9-10H,1,4-8H2,2H3/t9-/m0/s1. The van der Waals surface area contributed by atoms with Crippen LogP contribution >= 0.6 is 0 Å². The summed E-state index contributed by atoms with van der Waals surface area (Å²) < 4.78 is 25.2. The number of piperazine rings is 1. The molecule has 0 aromatic rings. The highest BCUT2D eigenvalue weighted by molar-refractivity contribution is 7.89. The van der Waals surface area contributed by atoms with Crippen LogP contribution in [-0.4, -0.2) is 44.2 Å². The van der Waals surface area contributed by atoms with Crippen molar-refractivity contribution in [1.29, 1.82) is 0 Å². The van der Waals surface area contributed by atoms with Gasteiger partial charge in [-0.05, 0) is 13.3 Å². The van der Waals surface area contributed by atoms with Crippen molar-refractivity contribution >= 4 is 10.0 Å². The van der Waals surface area contributed by atoms with E-state index in [2.05, 4.69) is 11.9 Å². The minimum atomic E-state index is -3.07. The van der Waals surface area contributed by atoms with Crippen molar-refractivity contribution in [3.05, 3.63) is 12.7 Å². The van der Waals surface area contributed by atoms with E-state index in [1.54, 1.807) is 10.4 Å². The third kappa shape index (κ3) is 2.80. The Morgan fingerprint density at radius 2 is 2.36 bits per heavy atom. The summed E-state index contributed by atoms with van der Waals surface area (Å²) in [5.74, 6) is 0.181. The third-order valence-electron chi connectivity index (χ3n) is 2.38. The molecule has 1 saturated heterocycles. The van der Waals surface area contributed by atoms with E-state index in [0.717, 1.165) is 13.1 Å². The van der Waals surface area contributed by atoms with Gasteiger partial charge < -0.3 is 5.32 Å². The Kier molecular flexibility index (Phi) is 4.10. The molecule has 0 aliphatic carbocycles. The van der Waals surface area contributed by atoms with Crippen LogP contribution in [0, 0.1) is 0 Å². The molecular weight excluding hydrogens is 200 g/mol. The fourth-order valence-electron chi connectivity index (χ4n) is 1.59. The average molecular weight is 218 g/mol. The molecule has 0 radical (unpaired) electrons. The van der Waals surface area contributed by atoms with Crippen LogP contribution in [0.2, 0.25) is 0 Å². The Labute approximate surface area is 86.0 Å². The summed E-state index contributed by atoms with van der Waals surface area (Å²) in [6.45, 7) is 7.54. The topological polar surface area (TPSA) is 49.4 Å². The maximum absolute atomic E-state index is 11.8. The molecular formula is C9H18N2O2S. The lowest BCUT2D eigenvalue weighted by Gasteiger charge is -2.32. The van der Waals surface area contributed by atoms with Crippen molar-refractivity contribution in [3.8, 4) is 0 Å². The van der Waals surface area contributed by atoms with Crippen molar-refractivity contribution < 1.29 is 8.42 Å². The largest absolute Gasteiger partial charge is 0.314 e.